The summed E-state index contributed by atoms with van der Waals surface area (Å²) < 4.78 is 7.20. The van der Waals surface area contributed by atoms with Crippen LogP contribution in [0.15, 0.2) is 30.6 Å². The molecule has 3 aromatic rings. The fourth-order valence-electron chi connectivity index (χ4n) is 2.45. The van der Waals surface area contributed by atoms with Gasteiger partial charge in [-0.3, -0.25) is 9.20 Å². The molecule has 0 saturated carbocycles. The van der Waals surface area contributed by atoms with Crippen molar-refractivity contribution in [2.45, 2.75) is 27.3 Å². The molecular weight excluding hydrogens is 306 g/mol. The van der Waals surface area contributed by atoms with Crippen molar-refractivity contribution in [2.24, 2.45) is 0 Å². The fraction of sp³-hybridized carbons (Fsp3) is 0.294. The van der Waals surface area contributed by atoms with Crippen molar-refractivity contribution >= 4 is 11.6 Å². The third-order valence-electron chi connectivity index (χ3n) is 3.69. The van der Waals surface area contributed by atoms with Gasteiger partial charge in [0.25, 0.3) is 11.8 Å². The highest BCUT2D eigenvalue weighted by Crippen LogP contribution is 2.15. The number of carbonyl (C=O) groups excluding carboxylic acids is 1. The van der Waals surface area contributed by atoms with Gasteiger partial charge < -0.3 is 10.1 Å². The van der Waals surface area contributed by atoms with Crippen LogP contribution in [0.3, 0.4) is 0 Å². The number of carbonyl (C=O) groups is 1. The molecular formula is C17H19N5O2. The SMILES string of the molecule is CCOc1nccn2c(CNC(=O)c3cc(C)ccc3C)nnc12. The van der Waals surface area contributed by atoms with E-state index in [4.69, 9.17) is 4.74 Å². The maximum atomic E-state index is 12.4. The average Bonchev–Trinajstić information content (AvgIpc) is 2.99. The molecule has 1 aromatic carbocycles. The Labute approximate surface area is 139 Å². The van der Waals surface area contributed by atoms with Crippen molar-refractivity contribution in [3.8, 4) is 5.88 Å². The molecule has 0 aliphatic rings. The van der Waals surface area contributed by atoms with Gasteiger partial charge in [-0.25, -0.2) is 4.98 Å². The van der Waals surface area contributed by atoms with E-state index in [1.54, 1.807) is 16.8 Å². The van der Waals surface area contributed by atoms with Crippen molar-refractivity contribution in [3.05, 3.63) is 53.1 Å². The van der Waals surface area contributed by atoms with E-state index >= 15 is 0 Å². The third kappa shape index (κ3) is 3.05. The van der Waals surface area contributed by atoms with Crippen LogP contribution in [0.2, 0.25) is 0 Å². The third-order valence-corrected chi connectivity index (χ3v) is 3.69. The summed E-state index contributed by atoms with van der Waals surface area (Å²) in [6.45, 7) is 6.53. The standard InChI is InChI=1S/C17H19N5O2/c1-4-24-17-15-21-20-14(22(15)8-7-18-17)10-19-16(23)13-9-11(2)5-6-12(13)3/h5-9H,4,10H2,1-3H3,(H,19,23). The molecule has 1 N–H and O–H groups in total. The highest BCUT2D eigenvalue weighted by atomic mass is 16.5. The molecule has 7 heteroatoms. The van der Waals surface area contributed by atoms with Crippen LogP contribution in [0.25, 0.3) is 5.65 Å². The summed E-state index contributed by atoms with van der Waals surface area (Å²) in [5.41, 5.74) is 3.19. The zero-order valence-corrected chi connectivity index (χ0v) is 13.9. The van der Waals surface area contributed by atoms with Gasteiger partial charge in [0.2, 0.25) is 5.65 Å². The van der Waals surface area contributed by atoms with Crippen LogP contribution in [0.5, 0.6) is 5.88 Å². The highest BCUT2D eigenvalue weighted by Gasteiger charge is 2.13. The van der Waals surface area contributed by atoms with Crippen LogP contribution in [-0.2, 0) is 6.54 Å². The van der Waals surface area contributed by atoms with E-state index in [1.807, 2.05) is 39.0 Å². The Bertz CT molecular complexity index is 888. The lowest BCUT2D eigenvalue weighted by molar-refractivity contribution is 0.0949. The van der Waals surface area contributed by atoms with E-state index in [0.717, 1.165) is 11.1 Å². The predicted octanol–water partition coefficient (Wildman–Crippen LogP) is 2.07. The molecule has 0 fully saturated rings. The van der Waals surface area contributed by atoms with Crippen LogP contribution in [0.4, 0.5) is 0 Å². The van der Waals surface area contributed by atoms with Gasteiger partial charge in [0.05, 0.1) is 13.2 Å². The first kappa shape index (κ1) is 15.9. The molecule has 2 aromatic heterocycles. The van der Waals surface area contributed by atoms with Gasteiger partial charge in [-0.1, -0.05) is 17.7 Å². The number of hydrogen-bond acceptors (Lipinski definition) is 5. The van der Waals surface area contributed by atoms with E-state index in [9.17, 15) is 4.79 Å². The van der Waals surface area contributed by atoms with Gasteiger partial charge in [-0.05, 0) is 32.4 Å². The normalized spacial score (nSPS) is 10.8. The molecule has 0 spiro atoms. The van der Waals surface area contributed by atoms with E-state index in [0.29, 0.717) is 29.5 Å². The Kier molecular flexibility index (Phi) is 4.41. The average molecular weight is 325 g/mol. The lowest BCUT2D eigenvalue weighted by Gasteiger charge is -2.08. The Morgan fingerprint density at radius 2 is 2.12 bits per heavy atom. The second kappa shape index (κ2) is 6.66. The minimum Gasteiger partial charge on any atom is -0.475 e. The molecule has 2 heterocycles. The lowest BCUT2D eigenvalue weighted by Crippen LogP contribution is -2.24. The quantitative estimate of drug-likeness (QED) is 0.776. The molecule has 124 valence electrons. The van der Waals surface area contributed by atoms with Crippen LogP contribution in [0, 0.1) is 13.8 Å². The molecule has 0 radical (unpaired) electrons. The van der Waals surface area contributed by atoms with E-state index in [1.165, 1.54) is 0 Å². The molecule has 0 unspecified atom stereocenters. The number of nitrogens with one attached hydrogen (secondary N) is 1. The number of amides is 1. The number of fused-ring (bicyclic) bond motifs is 1. The van der Waals surface area contributed by atoms with Crippen LogP contribution in [-0.4, -0.2) is 32.1 Å². The highest BCUT2D eigenvalue weighted by molar-refractivity contribution is 5.95. The molecule has 0 atom stereocenters. The number of ether oxygens (including phenoxy) is 1. The molecule has 1 amide bonds. The van der Waals surface area contributed by atoms with Gasteiger partial charge in [-0.2, -0.15) is 0 Å². The van der Waals surface area contributed by atoms with E-state index in [2.05, 4.69) is 20.5 Å². The fourth-order valence-corrected chi connectivity index (χ4v) is 2.45. The van der Waals surface area contributed by atoms with Crippen LogP contribution >= 0.6 is 0 Å². The van der Waals surface area contributed by atoms with E-state index < -0.39 is 0 Å². The Balaban J connectivity index is 1.80. The van der Waals surface area contributed by atoms with Crippen molar-refractivity contribution in [2.75, 3.05) is 6.61 Å². The molecule has 3 rings (SSSR count). The first-order chi connectivity index (χ1) is 11.6. The zero-order chi connectivity index (χ0) is 17.1. The first-order valence-corrected chi connectivity index (χ1v) is 7.77. The van der Waals surface area contributed by atoms with Gasteiger partial charge >= 0.3 is 0 Å². The second-order valence-electron chi connectivity index (χ2n) is 5.48. The Morgan fingerprint density at radius 1 is 1.29 bits per heavy atom. The van der Waals surface area contributed by atoms with E-state index in [-0.39, 0.29) is 12.5 Å². The first-order valence-electron chi connectivity index (χ1n) is 7.77. The largest absolute Gasteiger partial charge is 0.475 e. The molecule has 0 aliphatic heterocycles. The van der Waals surface area contributed by atoms with Crippen LogP contribution < -0.4 is 10.1 Å². The van der Waals surface area contributed by atoms with Gasteiger partial charge in [-0.15, -0.1) is 10.2 Å². The summed E-state index contributed by atoms with van der Waals surface area (Å²) in [7, 11) is 0. The maximum absolute atomic E-state index is 12.4. The number of benzene rings is 1. The van der Waals surface area contributed by atoms with Gasteiger partial charge in [0, 0.05) is 18.0 Å². The number of hydrogen-bond donors (Lipinski definition) is 1. The zero-order valence-electron chi connectivity index (χ0n) is 13.9. The summed E-state index contributed by atoms with van der Waals surface area (Å²) in [6.07, 6.45) is 3.37. The van der Waals surface area contributed by atoms with Gasteiger partial charge in [0.15, 0.2) is 5.82 Å². The topological polar surface area (TPSA) is 81.4 Å². The van der Waals surface area contributed by atoms with Crippen LogP contribution in [0.1, 0.15) is 34.2 Å². The van der Waals surface area contributed by atoms with Crippen molar-refractivity contribution in [1.82, 2.24) is 24.9 Å². The second-order valence-corrected chi connectivity index (χ2v) is 5.48. The van der Waals surface area contributed by atoms with Gasteiger partial charge in [0.1, 0.15) is 0 Å². The summed E-state index contributed by atoms with van der Waals surface area (Å²) >= 11 is 0. The number of nitrogens with zero attached hydrogens (tertiary/aromatic N) is 4. The summed E-state index contributed by atoms with van der Waals surface area (Å²) in [4.78, 5) is 16.6. The monoisotopic (exact) mass is 325 g/mol. The number of rotatable bonds is 5. The summed E-state index contributed by atoms with van der Waals surface area (Å²) in [5, 5.41) is 11.1. The Morgan fingerprint density at radius 3 is 2.92 bits per heavy atom. The predicted molar refractivity (Wildman–Crippen MR) is 89.0 cm³/mol. The summed E-state index contributed by atoms with van der Waals surface area (Å²) in [5.74, 6) is 0.915. The van der Waals surface area contributed by atoms with Crippen molar-refractivity contribution in [1.29, 1.82) is 0 Å². The summed E-state index contributed by atoms with van der Waals surface area (Å²) in [6, 6.07) is 5.81. The molecule has 0 saturated heterocycles. The molecule has 7 nitrogen and oxygen atoms in total. The maximum Gasteiger partial charge on any atom is 0.260 e. The lowest BCUT2D eigenvalue weighted by atomic mass is 10.1. The molecule has 24 heavy (non-hydrogen) atoms. The minimum atomic E-state index is -0.132. The number of aryl methyl sites for hydroxylation is 2. The van der Waals surface area contributed by atoms with Crippen molar-refractivity contribution < 1.29 is 9.53 Å². The van der Waals surface area contributed by atoms with Crippen molar-refractivity contribution in [3.63, 3.8) is 0 Å². The number of aromatic nitrogens is 4. The smallest absolute Gasteiger partial charge is 0.260 e. The minimum absolute atomic E-state index is 0.132. The molecule has 0 bridgehead atoms. The molecule has 0 aliphatic carbocycles. The Hall–Kier alpha value is -2.96.